The number of nitrogens with one attached hydrogen (secondary N) is 1. The SMILES string of the molecule is Cc1cc2cc(Oc3c(C#N)cnn4cc(C(=O)O)c(C)c34)ccc2[nH]1. The highest BCUT2D eigenvalue weighted by molar-refractivity contribution is 5.93. The summed E-state index contributed by atoms with van der Waals surface area (Å²) in [6, 6.07) is 9.63. The Morgan fingerprint density at radius 2 is 2.15 bits per heavy atom. The molecular weight excluding hydrogens is 332 g/mol. The number of benzene rings is 1. The molecule has 26 heavy (non-hydrogen) atoms. The van der Waals surface area contributed by atoms with Crippen LogP contribution < -0.4 is 4.74 Å². The summed E-state index contributed by atoms with van der Waals surface area (Å²) in [6.45, 7) is 3.64. The van der Waals surface area contributed by atoms with E-state index < -0.39 is 5.97 Å². The van der Waals surface area contributed by atoms with E-state index in [-0.39, 0.29) is 11.1 Å². The van der Waals surface area contributed by atoms with E-state index in [1.165, 1.54) is 16.9 Å². The molecule has 0 aliphatic heterocycles. The van der Waals surface area contributed by atoms with E-state index in [4.69, 9.17) is 4.74 Å². The largest absolute Gasteiger partial charge is 0.478 e. The number of aromatic carboxylic acids is 1. The fourth-order valence-electron chi connectivity index (χ4n) is 3.09. The summed E-state index contributed by atoms with van der Waals surface area (Å²) in [4.78, 5) is 14.7. The molecule has 0 radical (unpaired) electrons. The summed E-state index contributed by atoms with van der Waals surface area (Å²) in [5.74, 6) is -0.209. The van der Waals surface area contributed by atoms with Gasteiger partial charge < -0.3 is 14.8 Å². The number of nitrogens with zero attached hydrogens (tertiary/aromatic N) is 3. The first-order chi connectivity index (χ1) is 12.5. The number of fused-ring (bicyclic) bond motifs is 2. The predicted molar refractivity (Wildman–Crippen MR) is 94.7 cm³/mol. The number of rotatable bonds is 3. The van der Waals surface area contributed by atoms with Gasteiger partial charge in [-0.2, -0.15) is 10.4 Å². The molecule has 7 heteroatoms. The van der Waals surface area contributed by atoms with Crippen molar-refractivity contribution in [1.82, 2.24) is 14.6 Å². The van der Waals surface area contributed by atoms with Gasteiger partial charge in [0.2, 0.25) is 0 Å². The first-order valence-electron chi connectivity index (χ1n) is 7.89. The molecule has 0 spiro atoms. The maximum atomic E-state index is 11.4. The first kappa shape index (κ1) is 15.7. The number of H-pyrrole nitrogens is 1. The van der Waals surface area contributed by atoms with Crippen LogP contribution in [0.4, 0.5) is 0 Å². The third-order valence-electron chi connectivity index (χ3n) is 4.31. The van der Waals surface area contributed by atoms with Crippen molar-refractivity contribution in [2.24, 2.45) is 0 Å². The number of carboxylic acids is 1. The maximum absolute atomic E-state index is 11.4. The molecule has 4 aromatic rings. The van der Waals surface area contributed by atoms with Gasteiger partial charge >= 0.3 is 5.97 Å². The number of carbonyl (C=O) groups is 1. The summed E-state index contributed by atoms with van der Waals surface area (Å²) in [5, 5.41) is 23.9. The summed E-state index contributed by atoms with van der Waals surface area (Å²) in [7, 11) is 0. The Morgan fingerprint density at radius 3 is 2.88 bits per heavy atom. The minimum absolute atomic E-state index is 0.120. The van der Waals surface area contributed by atoms with Crippen molar-refractivity contribution in [3.05, 3.63) is 59.0 Å². The molecule has 7 nitrogen and oxygen atoms in total. The average Bonchev–Trinajstić information content (AvgIpc) is 3.14. The van der Waals surface area contributed by atoms with E-state index in [1.807, 2.05) is 25.1 Å². The fourth-order valence-corrected chi connectivity index (χ4v) is 3.09. The Bertz CT molecular complexity index is 1230. The molecule has 0 atom stereocenters. The smallest absolute Gasteiger partial charge is 0.337 e. The van der Waals surface area contributed by atoms with Gasteiger partial charge in [-0.05, 0) is 43.7 Å². The van der Waals surface area contributed by atoms with Crippen molar-refractivity contribution < 1.29 is 14.6 Å². The minimum atomic E-state index is -1.05. The summed E-state index contributed by atoms with van der Waals surface area (Å²) < 4.78 is 7.44. The maximum Gasteiger partial charge on any atom is 0.337 e. The molecule has 3 aromatic heterocycles. The van der Waals surface area contributed by atoms with Gasteiger partial charge in [0.25, 0.3) is 0 Å². The molecule has 0 aliphatic carbocycles. The zero-order valence-electron chi connectivity index (χ0n) is 14.1. The number of aromatic nitrogens is 3. The molecule has 0 saturated carbocycles. The van der Waals surface area contributed by atoms with Gasteiger partial charge in [-0.3, -0.25) is 0 Å². The molecule has 0 amide bonds. The lowest BCUT2D eigenvalue weighted by Gasteiger charge is -2.10. The molecule has 0 saturated heterocycles. The van der Waals surface area contributed by atoms with Crippen LogP contribution in [0.15, 0.2) is 36.7 Å². The monoisotopic (exact) mass is 346 g/mol. The van der Waals surface area contributed by atoms with E-state index in [0.717, 1.165) is 16.6 Å². The normalized spacial score (nSPS) is 11.0. The van der Waals surface area contributed by atoms with Gasteiger partial charge in [0.1, 0.15) is 22.9 Å². The van der Waals surface area contributed by atoms with Crippen LogP contribution >= 0.6 is 0 Å². The zero-order chi connectivity index (χ0) is 18.4. The molecule has 0 bridgehead atoms. The number of hydrogen-bond acceptors (Lipinski definition) is 4. The van der Waals surface area contributed by atoms with E-state index in [9.17, 15) is 15.2 Å². The van der Waals surface area contributed by atoms with Crippen LogP contribution in [-0.2, 0) is 0 Å². The second-order valence-corrected chi connectivity index (χ2v) is 6.07. The second-order valence-electron chi connectivity index (χ2n) is 6.07. The van der Waals surface area contributed by atoms with E-state index >= 15 is 0 Å². The molecule has 2 N–H and O–H groups in total. The average molecular weight is 346 g/mol. The van der Waals surface area contributed by atoms with E-state index in [2.05, 4.69) is 16.2 Å². The number of hydrogen-bond donors (Lipinski definition) is 2. The van der Waals surface area contributed by atoms with Crippen molar-refractivity contribution in [2.45, 2.75) is 13.8 Å². The first-order valence-corrected chi connectivity index (χ1v) is 7.89. The quantitative estimate of drug-likeness (QED) is 0.587. The highest BCUT2D eigenvalue weighted by Crippen LogP contribution is 2.34. The zero-order valence-corrected chi connectivity index (χ0v) is 14.1. The van der Waals surface area contributed by atoms with Crippen LogP contribution in [0, 0.1) is 25.2 Å². The van der Waals surface area contributed by atoms with E-state index in [0.29, 0.717) is 22.6 Å². The van der Waals surface area contributed by atoms with E-state index in [1.54, 1.807) is 13.0 Å². The predicted octanol–water partition coefficient (Wildman–Crippen LogP) is 3.79. The van der Waals surface area contributed by atoms with Crippen molar-refractivity contribution in [3.8, 4) is 17.6 Å². The van der Waals surface area contributed by atoms with Gasteiger partial charge in [-0.15, -0.1) is 0 Å². The van der Waals surface area contributed by atoms with Crippen molar-refractivity contribution in [2.75, 3.05) is 0 Å². The number of aromatic amines is 1. The lowest BCUT2D eigenvalue weighted by atomic mass is 10.1. The van der Waals surface area contributed by atoms with Gasteiger partial charge in [-0.1, -0.05) is 0 Å². The Morgan fingerprint density at radius 1 is 1.35 bits per heavy atom. The second kappa shape index (κ2) is 5.63. The van der Waals surface area contributed by atoms with Crippen LogP contribution in [-0.4, -0.2) is 25.7 Å². The molecule has 1 aromatic carbocycles. The molecule has 0 fully saturated rings. The fraction of sp³-hybridized carbons (Fsp3) is 0.105. The minimum Gasteiger partial charge on any atom is -0.478 e. The third kappa shape index (κ3) is 2.36. The van der Waals surface area contributed by atoms with Crippen LogP contribution in [0.5, 0.6) is 11.5 Å². The number of aryl methyl sites for hydroxylation is 2. The Balaban J connectivity index is 1.90. The third-order valence-corrected chi connectivity index (χ3v) is 4.31. The Hall–Kier alpha value is -3.79. The lowest BCUT2D eigenvalue weighted by molar-refractivity contribution is 0.0696. The van der Waals surface area contributed by atoms with Crippen molar-refractivity contribution >= 4 is 22.4 Å². The lowest BCUT2D eigenvalue weighted by Crippen LogP contribution is -1.97. The molecular formula is C19H14N4O3. The molecule has 128 valence electrons. The molecule has 0 unspecified atom stereocenters. The summed E-state index contributed by atoms with van der Waals surface area (Å²) >= 11 is 0. The van der Waals surface area contributed by atoms with Crippen LogP contribution in [0.3, 0.4) is 0 Å². The van der Waals surface area contributed by atoms with Crippen LogP contribution in [0.2, 0.25) is 0 Å². The van der Waals surface area contributed by atoms with Crippen molar-refractivity contribution in [1.29, 1.82) is 5.26 Å². The Kier molecular flexibility index (Phi) is 3.41. The van der Waals surface area contributed by atoms with Gasteiger partial charge in [0, 0.05) is 22.8 Å². The number of ether oxygens (including phenoxy) is 1. The van der Waals surface area contributed by atoms with Crippen LogP contribution in [0.25, 0.3) is 16.4 Å². The summed E-state index contributed by atoms with van der Waals surface area (Å²) in [5.41, 5.74) is 3.34. The molecule has 0 aliphatic rings. The Labute approximate surface area is 148 Å². The standard InChI is InChI=1S/C19H14N4O3/c1-10-5-12-6-14(3-4-16(12)22-10)26-18-13(7-20)8-21-23-9-15(19(24)25)11(2)17(18)23/h3-6,8-9,22H,1-2H3,(H,24,25). The number of carboxylic acid groups (broad SMARTS) is 1. The number of nitriles is 1. The van der Waals surface area contributed by atoms with Crippen LogP contribution in [0.1, 0.15) is 27.2 Å². The highest BCUT2D eigenvalue weighted by atomic mass is 16.5. The van der Waals surface area contributed by atoms with Gasteiger partial charge in [0.05, 0.1) is 11.8 Å². The van der Waals surface area contributed by atoms with Gasteiger partial charge in [0.15, 0.2) is 5.75 Å². The summed E-state index contributed by atoms with van der Waals surface area (Å²) in [6.07, 6.45) is 2.78. The van der Waals surface area contributed by atoms with Crippen molar-refractivity contribution in [3.63, 3.8) is 0 Å². The topological polar surface area (TPSA) is 103 Å². The van der Waals surface area contributed by atoms with Gasteiger partial charge in [-0.25, -0.2) is 9.31 Å². The highest BCUT2D eigenvalue weighted by Gasteiger charge is 2.20. The molecule has 3 heterocycles. The molecule has 4 rings (SSSR count).